The van der Waals surface area contributed by atoms with Crippen LogP contribution in [-0.2, 0) is 9.59 Å². The summed E-state index contributed by atoms with van der Waals surface area (Å²) in [6.07, 6.45) is 6.78. The molecule has 6 atom stereocenters. The highest BCUT2D eigenvalue weighted by atomic mass is 35.5. The Morgan fingerprint density at radius 2 is 1.82 bits per heavy atom. The first-order chi connectivity index (χ1) is 15.5. The van der Waals surface area contributed by atoms with E-state index in [0.717, 1.165) is 38.5 Å². The summed E-state index contributed by atoms with van der Waals surface area (Å²) in [5.41, 5.74) is 3.29. The molecule has 2 amide bonds. The molecule has 0 spiro atoms. The number of carbonyl (C=O) groups excluding carboxylic acids is 2. The lowest BCUT2D eigenvalue weighted by atomic mass is 9.48. The van der Waals surface area contributed by atoms with Gasteiger partial charge in [0.15, 0.2) is 0 Å². The second-order valence-corrected chi connectivity index (χ2v) is 12.0. The number of allylic oxidation sites excluding steroid dienone is 2. The van der Waals surface area contributed by atoms with E-state index in [1.807, 2.05) is 11.9 Å². The number of carbonyl (C=O) groups is 2. The number of amides is 2. The number of fused-ring (bicyclic) bond motifs is 5. The SMILES string of the molecule is CC1=C2N(C)C(=O)CC[C@]2(C)C2CC[C@]3(C)[C@@H](C(=O)Nc4cc(Cl)nc(Cl)c4)CC[C@H]3C2C1. The summed E-state index contributed by atoms with van der Waals surface area (Å²) in [7, 11) is 1.96. The van der Waals surface area contributed by atoms with Gasteiger partial charge in [-0.25, -0.2) is 4.98 Å². The average Bonchev–Trinajstić information content (AvgIpc) is 3.08. The lowest BCUT2D eigenvalue weighted by Gasteiger charge is -2.59. The van der Waals surface area contributed by atoms with Crippen LogP contribution in [-0.4, -0.2) is 28.7 Å². The summed E-state index contributed by atoms with van der Waals surface area (Å²) in [6, 6.07) is 3.30. The second-order valence-electron chi connectivity index (χ2n) is 11.2. The molecular weight excluding hydrogens is 457 g/mol. The Balaban J connectivity index is 1.41. The summed E-state index contributed by atoms with van der Waals surface area (Å²) in [4.78, 5) is 31.8. The van der Waals surface area contributed by atoms with Crippen LogP contribution in [0.15, 0.2) is 23.4 Å². The van der Waals surface area contributed by atoms with Crippen LogP contribution in [0.25, 0.3) is 0 Å². The van der Waals surface area contributed by atoms with E-state index in [2.05, 4.69) is 31.1 Å². The van der Waals surface area contributed by atoms with Gasteiger partial charge in [-0.2, -0.15) is 0 Å². The van der Waals surface area contributed by atoms with Gasteiger partial charge in [-0.05, 0) is 80.8 Å². The molecule has 0 aromatic carbocycles. The van der Waals surface area contributed by atoms with Gasteiger partial charge in [0.05, 0.1) is 0 Å². The number of rotatable bonds is 2. The molecule has 33 heavy (non-hydrogen) atoms. The number of nitrogens with one attached hydrogen (secondary N) is 1. The third kappa shape index (κ3) is 3.53. The van der Waals surface area contributed by atoms with Crippen LogP contribution in [0.5, 0.6) is 0 Å². The number of halogens is 2. The standard InChI is InChI=1S/C26H33Cl2N3O2/c1-14-11-16-17-5-6-19(24(33)29-15-12-20(27)30-21(28)13-15)25(17,2)9-7-18(16)26(3)10-8-22(32)31(4)23(14)26/h12-13,16-19H,5-11H2,1-4H3,(H,29,30,33)/t16?,17-,18?,19+,25-,26+/m0/s1. The first-order valence-corrected chi connectivity index (χ1v) is 12.9. The maximum Gasteiger partial charge on any atom is 0.228 e. The smallest absolute Gasteiger partial charge is 0.228 e. The first kappa shape index (κ1) is 23.2. The van der Waals surface area contributed by atoms with Crippen molar-refractivity contribution >= 4 is 40.7 Å². The van der Waals surface area contributed by atoms with Crippen molar-refractivity contribution < 1.29 is 9.59 Å². The zero-order valence-corrected chi connectivity index (χ0v) is 21.4. The van der Waals surface area contributed by atoms with Crippen LogP contribution in [0, 0.1) is 34.5 Å². The molecule has 2 saturated carbocycles. The predicted molar refractivity (Wildman–Crippen MR) is 131 cm³/mol. The van der Waals surface area contributed by atoms with E-state index >= 15 is 0 Å². The van der Waals surface area contributed by atoms with Gasteiger partial charge in [0, 0.05) is 36.2 Å². The predicted octanol–water partition coefficient (Wildman–Crippen LogP) is 6.32. The molecule has 1 aromatic heterocycles. The van der Waals surface area contributed by atoms with Crippen LogP contribution in [0.4, 0.5) is 5.69 Å². The van der Waals surface area contributed by atoms with Gasteiger partial charge < -0.3 is 10.2 Å². The fraction of sp³-hybridized carbons (Fsp3) is 0.654. The van der Waals surface area contributed by atoms with Crippen LogP contribution in [0.3, 0.4) is 0 Å². The van der Waals surface area contributed by atoms with Crippen molar-refractivity contribution in [3.63, 3.8) is 0 Å². The van der Waals surface area contributed by atoms with Crippen LogP contribution < -0.4 is 5.32 Å². The number of hydrogen-bond acceptors (Lipinski definition) is 3. The molecule has 2 heterocycles. The zero-order valence-electron chi connectivity index (χ0n) is 19.9. The molecule has 1 aromatic rings. The van der Waals surface area contributed by atoms with Crippen molar-refractivity contribution in [3.8, 4) is 0 Å². The van der Waals surface area contributed by atoms with E-state index in [0.29, 0.717) is 29.9 Å². The molecule has 5 rings (SSSR count). The van der Waals surface area contributed by atoms with Gasteiger partial charge in [0.2, 0.25) is 11.8 Å². The average molecular weight is 490 g/mol. The fourth-order valence-electron chi connectivity index (χ4n) is 8.31. The monoisotopic (exact) mass is 489 g/mol. The molecule has 0 bridgehead atoms. The summed E-state index contributed by atoms with van der Waals surface area (Å²) in [5, 5.41) is 3.62. The van der Waals surface area contributed by atoms with Gasteiger partial charge in [0.25, 0.3) is 0 Å². The van der Waals surface area contributed by atoms with E-state index in [-0.39, 0.29) is 38.9 Å². The van der Waals surface area contributed by atoms with E-state index in [4.69, 9.17) is 23.2 Å². The third-order valence-corrected chi connectivity index (χ3v) is 10.0. The third-order valence-electron chi connectivity index (χ3n) is 9.66. The van der Waals surface area contributed by atoms with Crippen molar-refractivity contribution in [1.29, 1.82) is 0 Å². The largest absolute Gasteiger partial charge is 0.326 e. The number of pyridine rings is 1. The Hall–Kier alpha value is -1.59. The summed E-state index contributed by atoms with van der Waals surface area (Å²) in [5.74, 6) is 1.95. The molecule has 178 valence electrons. The highest BCUT2D eigenvalue weighted by Crippen LogP contribution is 2.66. The highest BCUT2D eigenvalue weighted by molar-refractivity contribution is 6.33. The van der Waals surface area contributed by atoms with Gasteiger partial charge in [-0.3, -0.25) is 9.59 Å². The van der Waals surface area contributed by atoms with E-state index < -0.39 is 0 Å². The molecular formula is C26H33Cl2N3O2. The zero-order chi connectivity index (χ0) is 23.7. The quantitative estimate of drug-likeness (QED) is 0.494. The van der Waals surface area contributed by atoms with E-state index in [9.17, 15) is 9.59 Å². The number of nitrogens with zero attached hydrogens (tertiary/aromatic N) is 2. The molecule has 1 saturated heterocycles. The molecule has 1 aliphatic heterocycles. The van der Waals surface area contributed by atoms with Crippen molar-refractivity contribution in [1.82, 2.24) is 9.88 Å². The minimum absolute atomic E-state index is 0.0175. The molecule has 3 aliphatic carbocycles. The molecule has 5 nitrogen and oxygen atoms in total. The highest BCUT2D eigenvalue weighted by Gasteiger charge is 2.61. The maximum absolute atomic E-state index is 13.4. The second kappa shape index (κ2) is 7.98. The van der Waals surface area contributed by atoms with Crippen LogP contribution in [0.2, 0.25) is 10.3 Å². The van der Waals surface area contributed by atoms with Gasteiger partial charge in [0.1, 0.15) is 10.3 Å². The molecule has 4 aliphatic rings. The number of piperidine rings is 1. The van der Waals surface area contributed by atoms with E-state index in [1.54, 1.807) is 12.1 Å². The molecule has 2 unspecified atom stereocenters. The van der Waals surface area contributed by atoms with Gasteiger partial charge >= 0.3 is 0 Å². The normalized spacial score (nSPS) is 38.0. The maximum atomic E-state index is 13.4. The van der Waals surface area contributed by atoms with Gasteiger partial charge in [-0.15, -0.1) is 0 Å². The minimum atomic E-state index is -0.0248. The van der Waals surface area contributed by atoms with Crippen molar-refractivity contribution in [2.24, 2.45) is 34.5 Å². The lowest BCUT2D eigenvalue weighted by molar-refractivity contribution is -0.137. The number of hydrogen-bond donors (Lipinski definition) is 1. The fourth-order valence-corrected chi connectivity index (χ4v) is 8.77. The molecule has 3 fully saturated rings. The number of aromatic nitrogens is 1. The minimum Gasteiger partial charge on any atom is -0.326 e. The van der Waals surface area contributed by atoms with Crippen molar-refractivity contribution in [3.05, 3.63) is 33.7 Å². The lowest BCUT2D eigenvalue weighted by Crippen LogP contribution is -2.54. The Labute approximate surface area is 206 Å². The number of anilines is 1. The molecule has 0 radical (unpaired) electrons. The van der Waals surface area contributed by atoms with E-state index in [1.165, 1.54) is 11.3 Å². The Morgan fingerprint density at radius 3 is 2.52 bits per heavy atom. The first-order valence-electron chi connectivity index (χ1n) is 12.2. The van der Waals surface area contributed by atoms with Crippen LogP contribution >= 0.6 is 23.2 Å². The summed E-state index contributed by atoms with van der Waals surface area (Å²) >= 11 is 12.1. The molecule has 1 N–H and O–H groups in total. The van der Waals surface area contributed by atoms with Crippen LogP contribution in [0.1, 0.15) is 65.7 Å². The van der Waals surface area contributed by atoms with Crippen molar-refractivity contribution in [2.75, 3.05) is 12.4 Å². The Bertz CT molecular complexity index is 1040. The summed E-state index contributed by atoms with van der Waals surface area (Å²) in [6.45, 7) is 6.95. The number of likely N-dealkylation sites (tertiary alicyclic amines) is 1. The topological polar surface area (TPSA) is 62.3 Å². The van der Waals surface area contributed by atoms with Gasteiger partial charge in [-0.1, -0.05) is 42.6 Å². The Kier molecular flexibility index (Phi) is 5.60. The molecule has 7 heteroatoms. The summed E-state index contributed by atoms with van der Waals surface area (Å²) < 4.78 is 0. The van der Waals surface area contributed by atoms with Crippen molar-refractivity contribution in [2.45, 2.75) is 65.7 Å². The Morgan fingerprint density at radius 1 is 1.12 bits per heavy atom.